The van der Waals surface area contributed by atoms with Crippen LogP contribution in [0.1, 0.15) is 68.7 Å². The number of carbonyl (C=O) groups excluding carboxylic acids is 2. The van der Waals surface area contributed by atoms with Crippen molar-refractivity contribution in [3.8, 4) is 5.75 Å². The minimum absolute atomic E-state index is 0.0460. The van der Waals surface area contributed by atoms with Gasteiger partial charge in [0.2, 0.25) is 0 Å². The fraction of sp³-hybridized carbons (Fsp3) is 0.500. The van der Waals surface area contributed by atoms with Crippen LogP contribution in [-0.2, 0) is 33.8 Å². The van der Waals surface area contributed by atoms with Gasteiger partial charge in [0, 0.05) is 19.3 Å². The van der Waals surface area contributed by atoms with E-state index in [0.29, 0.717) is 36.3 Å². The second-order valence-corrected chi connectivity index (χ2v) is 12.3. The lowest BCUT2D eigenvalue weighted by Crippen LogP contribution is -2.48. The lowest BCUT2D eigenvalue weighted by Gasteiger charge is -2.29. The lowest BCUT2D eigenvalue weighted by molar-refractivity contribution is -0.0261. The number of halogens is 1. The summed E-state index contributed by atoms with van der Waals surface area (Å²) in [7, 11) is -1.65. The van der Waals surface area contributed by atoms with Crippen molar-refractivity contribution < 1.29 is 37.0 Å². The zero-order valence-corrected chi connectivity index (χ0v) is 22.5. The molecule has 2 N–H and O–H groups in total. The Bertz CT molecular complexity index is 1320. The number of Topliss-reactive ketones (excluding diaryl/α,β-unsaturated/α-hetero) is 1. The molecule has 2 aromatic carbocycles. The first-order valence-corrected chi connectivity index (χ1v) is 14.9. The molecule has 0 aromatic heterocycles. The van der Waals surface area contributed by atoms with E-state index in [4.69, 9.17) is 9.47 Å². The Balaban J connectivity index is 1.56. The highest BCUT2D eigenvalue weighted by Gasteiger charge is 2.30. The Morgan fingerprint density at radius 1 is 1.18 bits per heavy atom. The number of hydrogen-bond donors (Lipinski definition) is 2. The topological polar surface area (TPSA) is 119 Å². The summed E-state index contributed by atoms with van der Waals surface area (Å²) in [4.78, 5) is 25.7. The van der Waals surface area contributed by atoms with Crippen LogP contribution in [0.15, 0.2) is 24.3 Å². The maximum absolute atomic E-state index is 14.9. The third-order valence-corrected chi connectivity index (χ3v) is 8.21. The van der Waals surface area contributed by atoms with Crippen molar-refractivity contribution in [2.45, 2.75) is 57.1 Å². The Hall–Kier alpha value is -2.82. The molecule has 1 aliphatic heterocycles. The van der Waals surface area contributed by atoms with Gasteiger partial charge in [0.05, 0.1) is 42.7 Å². The van der Waals surface area contributed by atoms with Crippen LogP contribution >= 0.6 is 0 Å². The summed E-state index contributed by atoms with van der Waals surface area (Å²) < 4.78 is 48.4. The predicted molar refractivity (Wildman–Crippen MR) is 140 cm³/mol. The van der Waals surface area contributed by atoms with E-state index in [1.807, 2.05) is 0 Å². The first-order valence-electron chi connectivity index (χ1n) is 12.8. The molecule has 1 heterocycles. The third-order valence-electron chi connectivity index (χ3n) is 7.18. The van der Waals surface area contributed by atoms with Crippen molar-refractivity contribution in [3.05, 3.63) is 63.5 Å². The fourth-order valence-electron chi connectivity index (χ4n) is 5.28. The van der Waals surface area contributed by atoms with E-state index in [2.05, 4.69) is 5.32 Å². The first kappa shape index (κ1) is 28.2. The Kier molecular flexibility index (Phi) is 8.85. The number of rotatable bonds is 10. The van der Waals surface area contributed by atoms with Crippen LogP contribution in [0.4, 0.5) is 4.39 Å². The molecule has 10 heteroatoms. The summed E-state index contributed by atoms with van der Waals surface area (Å²) in [5, 5.41) is 13.1. The predicted octanol–water partition coefficient (Wildman–Crippen LogP) is 2.80. The van der Waals surface area contributed by atoms with Gasteiger partial charge in [-0.25, -0.2) is 12.8 Å². The average Bonchev–Trinajstić information content (AvgIpc) is 3.35. The van der Waals surface area contributed by atoms with E-state index < -0.39 is 33.6 Å². The van der Waals surface area contributed by atoms with Crippen LogP contribution in [-0.4, -0.2) is 69.7 Å². The van der Waals surface area contributed by atoms with Gasteiger partial charge < -0.3 is 19.9 Å². The second kappa shape index (κ2) is 11.9. The molecular weight excluding hydrogens is 513 g/mol. The molecule has 1 fully saturated rings. The van der Waals surface area contributed by atoms with E-state index in [9.17, 15) is 27.5 Å². The van der Waals surface area contributed by atoms with Crippen molar-refractivity contribution in [3.63, 3.8) is 0 Å². The van der Waals surface area contributed by atoms with Gasteiger partial charge in [0.25, 0.3) is 5.91 Å². The molecule has 0 unspecified atom stereocenters. The van der Waals surface area contributed by atoms with Crippen LogP contribution in [0.2, 0.25) is 0 Å². The molecule has 8 nitrogen and oxygen atoms in total. The number of amides is 1. The molecule has 1 amide bonds. The SMILES string of the molecule is COc1c(C(=O)N[C@H]2CCOC[C@@H]2O)cc(Cc2ccc(C(=O)CCCS(C)(=O)=O)c(F)c2)c2c1CCC2. The van der Waals surface area contributed by atoms with E-state index in [0.717, 1.165) is 42.2 Å². The number of hydrogen-bond acceptors (Lipinski definition) is 7. The van der Waals surface area contributed by atoms with E-state index in [1.54, 1.807) is 12.1 Å². The molecule has 2 aliphatic rings. The number of aliphatic hydroxyl groups excluding tert-OH is 1. The number of sulfone groups is 1. The minimum atomic E-state index is -3.19. The molecule has 2 atom stereocenters. The van der Waals surface area contributed by atoms with Crippen LogP contribution in [0.25, 0.3) is 0 Å². The maximum Gasteiger partial charge on any atom is 0.255 e. The summed E-state index contributed by atoms with van der Waals surface area (Å²) in [6.07, 6.45) is 3.79. The standard InChI is InChI=1S/C28H34FNO7S/c1-36-27-20-6-3-5-19(20)18(15-22(27)28(33)30-24-10-11-37-16-26(24)32)13-17-8-9-21(23(29)14-17)25(31)7-4-12-38(2,34)35/h8-9,14-15,24,26,32H,3-7,10-13,16H2,1-2H3,(H,30,33)/t24-,26-/m0/s1. The minimum Gasteiger partial charge on any atom is -0.496 e. The van der Waals surface area contributed by atoms with Crippen LogP contribution < -0.4 is 10.1 Å². The van der Waals surface area contributed by atoms with Gasteiger partial charge in [-0.15, -0.1) is 0 Å². The zero-order valence-electron chi connectivity index (χ0n) is 21.7. The molecule has 2 aromatic rings. The molecule has 4 rings (SSSR count). The molecule has 1 saturated heterocycles. The lowest BCUT2D eigenvalue weighted by atomic mass is 9.92. The van der Waals surface area contributed by atoms with Crippen molar-refractivity contribution >= 4 is 21.5 Å². The van der Waals surface area contributed by atoms with Crippen molar-refractivity contribution in [2.75, 3.05) is 32.3 Å². The zero-order chi connectivity index (χ0) is 27.4. The smallest absolute Gasteiger partial charge is 0.255 e. The first-order chi connectivity index (χ1) is 18.1. The summed E-state index contributed by atoms with van der Waals surface area (Å²) >= 11 is 0. The van der Waals surface area contributed by atoms with Gasteiger partial charge in [-0.2, -0.15) is 0 Å². The largest absolute Gasteiger partial charge is 0.496 e. The van der Waals surface area contributed by atoms with Crippen LogP contribution in [0, 0.1) is 5.82 Å². The maximum atomic E-state index is 14.9. The van der Waals surface area contributed by atoms with Crippen molar-refractivity contribution in [1.82, 2.24) is 5.32 Å². The summed E-state index contributed by atoms with van der Waals surface area (Å²) in [6, 6.07) is 5.82. The highest BCUT2D eigenvalue weighted by Crippen LogP contribution is 2.37. The summed E-state index contributed by atoms with van der Waals surface area (Å²) in [6.45, 7) is 0.621. The van der Waals surface area contributed by atoms with E-state index >= 15 is 0 Å². The molecule has 0 radical (unpaired) electrons. The highest BCUT2D eigenvalue weighted by atomic mass is 32.2. The number of carbonyl (C=O) groups is 2. The van der Waals surface area contributed by atoms with E-state index in [1.165, 1.54) is 19.2 Å². The quantitative estimate of drug-likeness (QED) is 0.439. The number of ketones is 1. The van der Waals surface area contributed by atoms with Gasteiger partial charge in [-0.3, -0.25) is 9.59 Å². The van der Waals surface area contributed by atoms with Gasteiger partial charge >= 0.3 is 0 Å². The highest BCUT2D eigenvalue weighted by molar-refractivity contribution is 7.90. The number of ether oxygens (including phenoxy) is 2. The van der Waals surface area contributed by atoms with Gasteiger partial charge in [-0.1, -0.05) is 6.07 Å². The number of nitrogens with one attached hydrogen (secondary N) is 1. The monoisotopic (exact) mass is 547 g/mol. The van der Waals surface area contributed by atoms with Crippen LogP contribution in [0.5, 0.6) is 5.75 Å². The molecule has 0 saturated carbocycles. The number of benzene rings is 2. The normalized spacial score (nSPS) is 19.2. The molecule has 0 bridgehead atoms. The molecule has 206 valence electrons. The summed E-state index contributed by atoms with van der Waals surface area (Å²) in [5.41, 5.74) is 3.92. The van der Waals surface area contributed by atoms with Crippen LogP contribution in [0.3, 0.4) is 0 Å². The number of aliphatic hydroxyl groups is 1. The summed E-state index contributed by atoms with van der Waals surface area (Å²) in [5.74, 6) is -1.02. The van der Waals surface area contributed by atoms with Gasteiger partial charge in [0.1, 0.15) is 21.4 Å². The Morgan fingerprint density at radius 3 is 2.63 bits per heavy atom. The second-order valence-electron chi connectivity index (χ2n) is 10.1. The van der Waals surface area contributed by atoms with Crippen molar-refractivity contribution in [2.24, 2.45) is 0 Å². The number of methoxy groups -OCH3 is 1. The molecular formula is C28H34FNO7S. The van der Waals surface area contributed by atoms with E-state index in [-0.39, 0.29) is 36.7 Å². The molecule has 0 spiro atoms. The van der Waals surface area contributed by atoms with Gasteiger partial charge in [-0.05, 0) is 79.0 Å². The van der Waals surface area contributed by atoms with Crippen molar-refractivity contribution in [1.29, 1.82) is 0 Å². The Labute approximate surface area is 222 Å². The molecule has 1 aliphatic carbocycles. The van der Waals surface area contributed by atoms with Gasteiger partial charge in [0.15, 0.2) is 5.78 Å². The average molecular weight is 548 g/mol. The molecule has 38 heavy (non-hydrogen) atoms. The Morgan fingerprint density at radius 2 is 1.95 bits per heavy atom. The number of fused-ring (bicyclic) bond motifs is 1. The fourth-order valence-corrected chi connectivity index (χ4v) is 5.95. The third kappa shape index (κ3) is 6.59.